The molecule has 0 radical (unpaired) electrons. The van der Waals surface area contributed by atoms with Gasteiger partial charge in [-0.2, -0.15) is 0 Å². The molecule has 1 aliphatic carbocycles. The van der Waals surface area contributed by atoms with E-state index >= 15 is 0 Å². The summed E-state index contributed by atoms with van der Waals surface area (Å²) in [6.07, 6.45) is 10.0. The lowest BCUT2D eigenvalue weighted by molar-refractivity contribution is -0.139. The molecule has 4 atom stereocenters. The lowest BCUT2D eigenvalue weighted by atomic mass is 9.63. The standard InChI is InChI=1S/C19H32N2O2/c1-3-4-8-17(22)20-16-10-12-19-11-6-13-21(19)18(23)9-5-7-15(19)14(16)2/h14-16H,3-13H2,1-2H3,(H,20,22)/t14-,15+,16-,19-/m1/s1. The monoisotopic (exact) mass is 320 g/mol. The Morgan fingerprint density at radius 3 is 2.91 bits per heavy atom. The van der Waals surface area contributed by atoms with Crippen LogP contribution >= 0.6 is 0 Å². The van der Waals surface area contributed by atoms with Gasteiger partial charge in [0.15, 0.2) is 0 Å². The van der Waals surface area contributed by atoms with Gasteiger partial charge in [0.1, 0.15) is 0 Å². The van der Waals surface area contributed by atoms with Gasteiger partial charge in [-0.15, -0.1) is 0 Å². The smallest absolute Gasteiger partial charge is 0.223 e. The first-order valence-electron chi connectivity index (χ1n) is 9.68. The number of hydrogen-bond acceptors (Lipinski definition) is 2. The van der Waals surface area contributed by atoms with Crippen LogP contribution in [0.2, 0.25) is 0 Å². The molecule has 3 aliphatic rings. The molecule has 1 spiro atoms. The van der Waals surface area contributed by atoms with E-state index in [9.17, 15) is 9.59 Å². The molecule has 3 rings (SSSR count). The molecule has 2 heterocycles. The Bertz CT molecular complexity index is 464. The van der Waals surface area contributed by atoms with Crippen molar-refractivity contribution in [3.05, 3.63) is 0 Å². The number of rotatable bonds is 4. The van der Waals surface area contributed by atoms with E-state index in [2.05, 4.69) is 24.1 Å². The van der Waals surface area contributed by atoms with E-state index in [4.69, 9.17) is 0 Å². The van der Waals surface area contributed by atoms with Gasteiger partial charge in [-0.05, 0) is 56.8 Å². The predicted molar refractivity (Wildman–Crippen MR) is 90.9 cm³/mol. The molecule has 1 saturated carbocycles. The lowest BCUT2D eigenvalue weighted by Gasteiger charge is -2.52. The molecule has 4 heteroatoms. The van der Waals surface area contributed by atoms with E-state index in [1.54, 1.807) is 0 Å². The second-order valence-corrected chi connectivity index (χ2v) is 7.93. The number of amides is 2. The molecule has 130 valence electrons. The zero-order valence-electron chi connectivity index (χ0n) is 14.8. The Morgan fingerprint density at radius 1 is 1.30 bits per heavy atom. The summed E-state index contributed by atoms with van der Waals surface area (Å²) in [5.41, 5.74) is 0.109. The molecule has 0 aromatic heterocycles. The first kappa shape index (κ1) is 16.8. The Morgan fingerprint density at radius 2 is 2.13 bits per heavy atom. The van der Waals surface area contributed by atoms with E-state index in [-0.39, 0.29) is 11.4 Å². The average Bonchev–Trinajstić information content (AvgIpc) is 2.90. The van der Waals surface area contributed by atoms with Crippen molar-refractivity contribution in [1.82, 2.24) is 10.2 Å². The van der Waals surface area contributed by atoms with Crippen LogP contribution in [0.5, 0.6) is 0 Å². The van der Waals surface area contributed by atoms with Crippen LogP contribution in [0.1, 0.15) is 78.1 Å². The predicted octanol–water partition coefficient (Wildman–Crippen LogP) is 3.25. The van der Waals surface area contributed by atoms with Gasteiger partial charge < -0.3 is 10.2 Å². The maximum absolute atomic E-state index is 12.5. The van der Waals surface area contributed by atoms with Crippen LogP contribution in [-0.2, 0) is 9.59 Å². The van der Waals surface area contributed by atoms with Gasteiger partial charge in [-0.25, -0.2) is 0 Å². The molecule has 0 aromatic rings. The van der Waals surface area contributed by atoms with Crippen LogP contribution in [0.4, 0.5) is 0 Å². The SMILES string of the molecule is CCCCC(=O)N[C@@H]1CC[C@@]23CCCN2C(=O)CCC[C@H]3[C@H]1C. The van der Waals surface area contributed by atoms with Gasteiger partial charge >= 0.3 is 0 Å². The molecule has 0 aromatic carbocycles. The van der Waals surface area contributed by atoms with E-state index < -0.39 is 0 Å². The summed E-state index contributed by atoms with van der Waals surface area (Å²) in [5, 5.41) is 3.30. The Balaban J connectivity index is 1.72. The van der Waals surface area contributed by atoms with Crippen molar-refractivity contribution >= 4 is 11.8 Å². The third-order valence-electron chi connectivity index (χ3n) is 6.69. The average molecular weight is 320 g/mol. The Kier molecular flexibility index (Phi) is 4.98. The molecular weight excluding hydrogens is 288 g/mol. The summed E-state index contributed by atoms with van der Waals surface area (Å²) >= 11 is 0. The number of carbonyl (C=O) groups is 2. The summed E-state index contributed by atoms with van der Waals surface area (Å²) in [4.78, 5) is 26.9. The number of nitrogens with zero attached hydrogens (tertiary/aromatic N) is 1. The molecule has 4 nitrogen and oxygen atoms in total. The van der Waals surface area contributed by atoms with Crippen molar-refractivity contribution in [3.63, 3.8) is 0 Å². The molecule has 2 amide bonds. The molecule has 2 aliphatic heterocycles. The van der Waals surface area contributed by atoms with Crippen LogP contribution in [-0.4, -0.2) is 34.8 Å². The quantitative estimate of drug-likeness (QED) is 0.864. The Labute approximate surface area is 140 Å². The Hall–Kier alpha value is -1.06. The van der Waals surface area contributed by atoms with Gasteiger partial charge in [0, 0.05) is 31.0 Å². The van der Waals surface area contributed by atoms with Crippen LogP contribution in [0.25, 0.3) is 0 Å². The third-order valence-corrected chi connectivity index (χ3v) is 6.69. The van der Waals surface area contributed by atoms with E-state index in [1.807, 2.05) is 0 Å². The first-order valence-corrected chi connectivity index (χ1v) is 9.68. The molecule has 3 fully saturated rings. The van der Waals surface area contributed by atoms with E-state index in [0.717, 1.165) is 57.9 Å². The van der Waals surface area contributed by atoms with Crippen molar-refractivity contribution in [2.75, 3.05) is 6.54 Å². The van der Waals surface area contributed by atoms with Crippen LogP contribution in [0.15, 0.2) is 0 Å². The zero-order valence-corrected chi connectivity index (χ0v) is 14.8. The summed E-state index contributed by atoms with van der Waals surface area (Å²) < 4.78 is 0. The van der Waals surface area contributed by atoms with Gasteiger partial charge in [-0.1, -0.05) is 20.3 Å². The van der Waals surface area contributed by atoms with Gasteiger partial charge in [-0.3, -0.25) is 9.59 Å². The molecule has 1 N–H and O–H groups in total. The highest BCUT2D eigenvalue weighted by molar-refractivity contribution is 5.78. The molecule has 0 unspecified atom stereocenters. The highest BCUT2D eigenvalue weighted by atomic mass is 16.2. The maximum atomic E-state index is 12.5. The fraction of sp³-hybridized carbons (Fsp3) is 0.895. The fourth-order valence-electron chi connectivity index (χ4n) is 5.50. The van der Waals surface area contributed by atoms with Crippen molar-refractivity contribution in [3.8, 4) is 0 Å². The van der Waals surface area contributed by atoms with E-state index in [1.165, 1.54) is 6.42 Å². The molecular formula is C19H32N2O2. The van der Waals surface area contributed by atoms with Gasteiger partial charge in [0.05, 0.1) is 0 Å². The number of nitrogens with one attached hydrogen (secondary N) is 1. The first-order chi connectivity index (χ1) is 11.1. The summed E-state index contributed by atoms with van der Waals surface area (Å²) in [5.74, 6) is 1.62. The van der Waals surface area contributed by atoms with Crippen LogP contribution in [0, 0.1) is 11.8 Å². The normalized spacial score (nSPS) is 37.0. The zero-order chi connectivity index (χ0) is 16.4. The van der Waals surface area contributed by atoms with Crippen molar-refractivity contribution in [1.29, 1.82) is 0 Å². The molecule has 23 heavy (non-hydrogen) atoms. The number of carbonyl (C=O) groups excluding carboxylic acids is 2. The summed E-state index contributed by atoms with van der Waals surface area (Å²) in [7, 11) is 0. The topological polar surface area (TPSA) is 49.4 Å². The number of unbranched alkanes of at least 4 members (excludes halogenated alkanes) is 1. The third kappa shape index (κ3) is 3.01. The van der Waals surface area contributed by atoms with Gasteiger partial charge in [0.25, 0.3) is 0 Å². The van der Waals surface area contributed by atoms with Crippen LogP contribution < -0.4 is 5.32 Å². The lowest BCUT2D eigenvalue weighted by Crippen LogP contribution is -2.59. The minimum atomic E-state index is 0.109. The minimum absolute atomic E-state index is 0.109. The minimum Gasteiger partial charge on any atom is -0.353 e. The summed E-state index contributed by atoms with van der Waals surface area (Å²) in [6.45, 7) is 5.38. The maximum Gasteiger partial charge on any atom is 0.223 e. The highest BCUT2D eigenvalue weighted by Crippen LogP contribution is 2.51. The second-order valence-electron chi connectivity index (χ2n) is 7.93. The van der Waals surface area contributed by atoms with Gasteiger partial charge in [0.2, 0.25) is 11.8 Å². The summed E-state index contributed by atoms with van der Waals surface area (Å²) in [6, 6.07) is 0.297. The molecule has 0 bridgehead atoms. The van der Waals surface area contributed by atoms with Crippen LogP contribution in [0.3, 0.4) is 0 Å². The van der Waals surface area contributed by atoms with E-state index in [0.29, 0.717) is 30.2 Å². The van der Waals surface area contributed by atoms with Crippen molar-refractivity contribution < 1.29 is 9.59 Å². The highest BCUT2D eigenvalue weighted by Gasteiger charge is 2.55. The number of hydrogen-bond donors (Lipinski definition) is 1. The molecule has 2 saturated heterocycles. The van der Waals surface area contributed by atoms with Crippen molar-refractivity contribution in [2.45, 2.75) is 89.6 Å². The van der Waals surface area contributed by atoms with Crippen molar-refractivity contribution in [2.24, 2.45) is 11.8 Å². The second kappa shape index (κ2) is 6.82. The largest absolute Gasteiger partial charge is 0.353 e. The fourth-order valence-corrected chi connectivity index (χ4v) is 5.50.